The highest BCUT2D eigenvalue weighted by atomic mass is 16.6. The molecule has 3 aliphatic rings. The fourth-order valence-electron chi connectivity index (χ4n) is 6.28. The van der Waals surface area contributed by atoms with Crippen molar-refractivity contribution in [3.8, 4) is 5.75 Å². The number of aromatic nitrogens is 1. The molecule has 3 fully saturated rings. The molecule has 0 saturated carbocycles. The van der Waals surface area contributed by atoms with E-state index in [4.69, 9.17) is 4.74 Å². The second kappa shape index (κ2) is 8.81. The van der Waals surface area contributed by atoms with Gasteiger partial charge in [-0.2, -0.15) is 0 Å². The molecule has 176 valence electrons. The van der Waals surface area contributed by atoms with Gasteiger partial charge in [-0.3, -0.25) is 15.1 Å². The van der Waals surface area contributed by atoms with Crippen LogP contribution in [0.25, 0.3) is 10.9 Å². The third kappa shape index (κ3) is 3.75. The Kier molecular flexibility index (Phi) is 5.83. The molecular weight excluding hydrogens is 430 g/mol. The van der Waals surface area contributed by atoms with Crippen LogP contribution in [-0.2, 0) is 6.54 Å². The molecule has 1 unspecified atom stereocenters. The van der Waals surface area contributed by atoms with E-state index in [1.165, 1.54) is 0 Å². The van der Waals surface area contributed by atoms with Gasteiger partial charge in [-0.1, -0.05) is 18.2 Å². The van der Waals surface area contributed by atoms with Gasteiger partial charge < -0.3 is 14.3 Å². The van der Waals surface area contributed by atoms with Crippen molar-refractivity contribution in [3.05, 3.63) is 88.6 Å². The van der Waals surface area contributed by atoms with Crippen LogP contribution in [0.15, 0.2) is 67.4 Å². The maximum Gasteiger partial charge on any atom is 0.278 e. The first-order valence-electron chi connectivity index (χ1n) is 11.8. The van der Waals surface area contributed by atoms with Gasteiger partial charge in [-0.05, 0) is 41.8 Å². The number of benzene rings is 2. The molecule has 2 bridgehead atoms. The number of rotatable bonds is 7. The summed E-state index contributed by atoms with van der Waals surface area (Å²) in [4.78, 5) is 15.9. The van der Waals surface area contributed by atoms with Crippen molar-refractivity contribution < 1.29 is 19.2 Å². The molecule has 1 aromatic heterocycles. The number of aliphatic hydroxyl groups is 1. The standard InChI is InChI=1S/C27H30N3O4/c1-3-18-16-30(17-20-6-4-5-7-25(20)29(32)33)13-11-19(18)14-26(30)27(31)22-10-12-28-24-9-8-21(34-2)15-23(22)24/h3-10,12,15,18-19,26-27,31H,1,11,13-14,16-17H2,2H3/q+1/t18-,19-,26+,27-,30?/m0/s1. The van der Waals surface area contributed by atoms with Crippen molar-refractivity contribution in [1.29, 1.82) is 0 Å². The number of ether oxygens (including phenoxy) is 1. The molecule has 3 saturated heterocycles. The predicted molar refractivity (Wildman–Crippen MR) is 130 cm³/mol. The van der Waals surface area contributed by atoms with Crippen LogP contribution in [0.5, 0.6) is 5.75 Å². The van der Waals surface area contributed by atoms with E-state index in [0.717, 1.165) is 48.1 Å². The number of fused-ring (bicyclic) bond motifs is 4. The second-order valence-corrected chi connectivity index (χ2v) is 9.65. The van der Waals surface area contributed by atoms with Crippen molar-refractivity contribution in [2.45, 2.75) is 31.5 Å². The molecule has 2 aromatic carbocycles. The molecule has 0 spiro atoms. The van der Waals surface area contributed by atoms with Crippen LogP contribution in [0, 0.1) is 22.0 Å². The van der Waals surface area contributed by atoms with E-state index in [0.29, 0.717) is 28.4 Å². The van der Waals surface area contributed by atoms with Gasteiger partial charge in [-0.25, -0.2) is 0 Å². The number of nitrogens with zero attached hydrogens (tertiary/aromatic N) is 3. The minimum absolute atomic E-state index is 0.0773. The second-order valence-electron chi connectivity index (χ2n) is 9.65. The topological polar surface area (TPSA) is 85.5 Å². The van der Waals surface area contributed by atoms with Crippen LogP contribution in [0.4, 0.5) is 5.69 Å². The average Bonchev–Trinajstić information content (AvgIpc) is 2.87. The van der Waals surface area contributed by atoms with Crippen LogP contribution in [0.3, 0.4) is 0 Å². The summed E-state index contributed by atoms with van der Waals surface area (Å²) < 4.78 is 6.04. The Bertz CT molecular complexity index is 1250. The fourth-order valence-corrected chi connectivity index (χ4v) is 6.28. The summed E-state index contributed by atoms with van der Waals surface area (Å²) in [6.07, 6.45) is 4.93. The third-order valence-electron chi connectivity index (χ3n) is 8.01. The smallest absolute Gasteiger partial charge is 0.278 e. The van der Waals surface area contributed by atoms with Gasteiger partial charge in [0.15, 0.2) is 0 Å². The van der Waals surface area contributed by atoms with E-state index in [1.54, 1.807) is 25.4 Å². The van der Waals surface area contributed by atoms with Crippen molar-refractivity contribution in [2.24, 2.45) is 11.8 Å². The largest absolute Gasteiger partial charge is 0.497 e. The fraction of sp³-hybridized carbons (Fsp3) is 0.370. The van der Waals surface area contributed by atoms with Crippen LogP contribution in [-0.4, -0.2) is 45.7 Å². The normalized spacial score (nSPS) is 26.8. The number of methoxy groups -OCH3 is 1. The molecule has 3 aromatic rings. The van der Waals surface area contributed by atoms with Gasteiger partial charge in [0.2, 0.25) is 0 Å². The van der Waals surface area contributed by atoms with Gasteiger partial charge in [-0.15, -0.1) is 6.58 Å². The summed E-state index contributed by atoms with van der Waals surface area (Å²) in [6, 6.07) is 14.5. The number of quaternary nitrogens is 1. The summed E-state index contributed by atoms with van der Waals surface area (Å²) >= 11 is 0. The first kappa shape index (κ1) is 22.5. The van der Waals surface area contributed by atoms with E-state index in [-0.39, 0.29) is 16.7 Å². The Morgan fingerprint density at radius 1 is 1.32 bits per heavy atom. The summed E-state index contributed by atoms with van der Waals surface area (Å²) in [5.41, 5.74) is 2.50. The zero-order chi connectivity index (χ0) is 23.9. The van der Waals surface area contributed by atoms with Crippen molar-refractivity contribution in [3.63, 3.8) is 0 Å². The molecule has 7 nitrogen and oxygen atoms in total. The lowest BCUT2D eigenvalue weighted by molar-refractivity contribution is -0.985. The highest BCUT2D eigenvalue weighted by molar-refractivity contribution is 5.83. The van der Waals surface area contributed by atoms with E-state index in [9.17, 15) is 15.2 Å². The number of pyridine rings is 1. The Balaban J connectivity index is 1.58. The molecule has 34 heavy (non-hydrogen) atoms. The number of para-hydroxylation sites is 1. The molecule has 6 rings (SSSR count). The first-order chi connectivity index (χ1) is 16.5. The number of nitro groups is 1. The van der Waals surface area contributed by atoms with Gasteiger partial charge in [0, 0.05) is 36.4 Å². The van der Waals surface area contributed by atoms with Crippen LogP contribution in [0.2, 0.25) is 0 Å². The van der Waals surface area contributed by atoms with Gasteiger partial charge in [0.25, 0.3) is 5.69 Å². The van der Waals surface area contributed by atoms with Crippen molar-refractivity contribution >= 4 is 16.6 Å². The Morgan fingerprint density at radius 2 is 2.15 bits per heavy atom. The van der Waals surface area contributed by atoms with E-state index >= 15 is 0 Å². The summed E-state index contributed by atoms with van der Waals surface area (Å²) in [5.74, 6) is 1.52. The lowest BCUT2D eigenvalue weighted by atomic mass is 9.71. The zero-order valence-electron chi connectivity index (χ0n) is 19.3. The van der Waals surface area contributed by atoms with E-state index < -0.39 is 6.10 Å². The molecule has 0 amide bonds. The molecule has 4 heterocycles. The maximum absolute atomic E-state index is 11.9. The zero-order valence-corrected chi connectivity index (χ0v) is 19.3. The quantitative estimate of drug-likeness (QED) is 0.237. The highest BCUT2D eigenvalue weighted by Gasteiger charge is 2.54. The van der Waals surface area contributed by atoms with Gasteiger partial charge in [0.1, 0.15) is 24.4 Å². The molecule has 3 aliphatic heterocycles. The monoisotopic (exact) mass is 460 g/mol. The third-order valence-corrected chi connectivity index (χ3v) is 8.01. The Labute approximate surface area is 199 Å². The number of nitro benzene ring substituents is 1. The number of aliphatic hydroxyl groups excluding tert-OH is 1. The van der Waals surface area contributed by atoms with Crippen LogP contribution >= 0.6 is 0 Å². The number of hydrogen-bond acceptors (Lipinski definition) is 5. The SMILES string of the molecule is C=C[C@H]1C[N+]2(Cc3ccccc3[N+](=O)[O-])CC[C@H]1C[C@@H]2[C@@H](O)c1ccnc2ccc(OC)cc12. The highest BCUT2D eigenvalue weighted by Crippen LogP contribution is 2.48. The van der Waals surface area contributed by atoms with Gasteiger partial charge >= 0.3 is 0 Å². The van der Waals surface area contributed by atoms with Crippen molar-refractivity contribution in [1.82, 2.24) is 4.98 Å². The average molecular weight is 461 g/mol. The molecule has 0 aliphatic carbocycles. The van der Waals surface area contributed by atoms with Crippen LogP contribution in [0.1, 0.15) is 30.1 Å². The van der Waals surface area contributed by atoms with Crippen molar-refractivity contribution in [2.75, 3.05) is 20.2 Å². The molecule has 1 N–H and O–H groups in total. The molecule has 0 radical (unpaired) electrons. The summed E-state index contributed by atoms with van der Waals surface area (Å²) in [6.45, 7) is 6.30. The molecule has 5 atom stereocenters. The lowest BCUT2D eigenvalue weighted by Gasteiger charge is -2.58. The maximum atomic E-state index is 11.9. The van der Waals surface area contributed by atoms with E-state index in [1.807, 2.05) is 42.5 Å². The number of hydrogen-bond donors (Lipinski definition) is 1. The Hall–Kier alpha value is -3.29. The van der Waals surface area contributed by atoms with Gasteiger partial charge in [0.05, 0.1) is 36.2 Å². The van der Waals surface area contributed by atoms with E-state index in [2.05, 4.69) is 11.6 Å². The van der Waals surface area contributed by atoms with Crippen LogP contribution < -0.4 is 4.74 Å². The summed E-state index contributed by atoms with van der Waals surface area (Å²) in [5, 5.41) is 24.5. The minimum Gasteiger partial charge on any atom is -0.497 e. The number of piperidine rings is 3. The predicted octanol–water partition coefficient (Wildman–Crippen LogP) is 4.80. The minimum atomic E-state index is -0.728. The first-order valence-corrected chi connectivity index (χ1v) is 11.8. The molecule has 7 heteroatoms. The lowest BCUT2D eigenvalue weighted by Crippen LogP contribution is -2.67. The Morgan fingerprint density at radius 3 is 2.91 bits per heavy atom. The summed E-state index contributed by atoms with van der Waals surface area (Å²) in [7, 11) is 1.63. The molecular formula is C27H30N3O4+.